The average Bonchev–Trinajstić information content (AvgIpc) is 3.29. The van der Waals surface area contributed by atoms with Gasteiger partial charge >= 0.3 is 0 Å². The Morgan fingerprint density at radius 1 is 1.28 bits per heavy atom. The molecular weight excluding hydrogens is 392 g/mol. The number of methoxy groups -OCH3 is 1. The minimum atomic E-state index is -0.146. The lowest BCUT2D eigenvalue weighted by atomic mass is 9.97. The monoisotopic (exact) mass is 412 g/mol. The Morgan fingerprint density at radius 2 is 2.14 bits per heavy atom. The molecule has 0 aliphatic carbocycles. The number of anilines is 2. The summed E-state index contributed by atoms with van der Waals surface area (Å²) in [7, 11) is 1.56. The Bertz CT molecular complexity index is 994. The van der Waals surface area contributed by atoms with E-state index in [-0.39, 0.29) is 11.8 Å². The second-order valence-corrected chi connectivity index (χ2v) is 7.22. The molecule has 1 aromatic carbocycles. The molecule has 1 aliphatic rings. The Hall–Kier alpha value is -3.13. The lowest BCUT2D eigenvalue weighted by Gasteiger charge is -2.32. The van der Waals surface area contributed by atoms with Crippen LogP contribution in [0.4, 0.5) is 11.5 Å². The molecule has 1 amide bonds. The van der Waals surface area contributed by atoms with Gasteiger partial charge in [-0.15, -0.1) is 0 Å². The van der Waals surface area contributed by atoms with E-state index in [9.17, 15) is 4.79 Å². The topological polar surface area (TPSA) is 85.2 Å². The van der Waals surface area contributed by atoms with Crippen LogP contribution in [0.25, 0.3) is 5.82 Å². The molecule has 4 rings (SSSR count). The minimum absolute atomic E-state index is 0.0303. The third-order valence-electron chi connectivity index (χ3n) is 4.91. The molecular formula is C20H21ClN6O2. The molecule has 1 atom stereocenters. The van der Waals surface area contributed by atoms with Gasteiger partial charge in [-0.2, -0.15) is 5.10 Å². The Kier molecular flexibility index (Phi) is 5.62. The van der Waals surface area contributed by atoms with Gasteiger partial charge in [-0.3, -0.25) is 4.79 Å². The van der Waals surface area contributed by atoms with E-state index in [0.29, 0.717) is 28.8 Å². The van der Waals surface area contributed by atoms with Crippen LogP contribution in [0.2, 0.25) is 5.02 Å². The van der Waals surface area contributed by atoms with Gasteiger partial charge in [0.05, 0.1) is 18.1 Å². The second-order valence-electron chi connectivity index (χ2n) is 6.81. The van der Waals surface area contributed by atoms with E-state index < -0.39 is 0 Å². The van der Waals surface area contributed by atoms with E-state index in [1.54, 1.807) is 36.2 Å². The van der Waals surface area contributed by atoms with Crippen molar-refractivity contribution >= 4 is 29.0 Å². The summed E-state index contributed by atoms with van der Waals surface area (Å²) in [5.41, 5.74) is 0.654. The normalized spacial score (nSPS) is 16.5. The average molecular weight is 413 g/mol. The maximum atomic E-state index is 12.8. The van der Waals surface area contributed by atoms with Gasteiger partial charge in [0, 0.05) is 37.2 Å². The van der Waals surface area contributed by atoms with Crippen LogP contribution >= 0.6 is 11.6 Å². The van der Waals surface area contributed by atoms with Crippen molar-refractivity contribution in [2.75, 3.05) is 30.4 Å². The summed E-state index contributed by atoms with van der Waals surface area (Å²) in [5.74, 6) is 1.88. The lowest BCUT2D eigenvalue weighted by molar-refractivity contribution is -0.120. The molecule has 9 heteroatoms. The van der Waals surface area contributed by atoms with Crippen LogP contribution < -0.4 is 15.0 Å². The number of aromatic nitrogens is 4. The first-order chi connectivity index (χ1) is 14.1. The van der Waals surface area contributed by atoms with E-state index in [2.05, 4.69) is 25.3 Å². The summed E-state index contributed by atoms with van der Waals surface area (Å²) in [6.45, 7) is 1.43. The summed E-state index contributed by atoms with van der Waals surface area (Å²) in [6.07, 6.45) is 6.79. The van der Waals surface area contributed by atoms with E-state index >= 15 is 0 Å². The largest absolute Gasteiger partial charge is 0.495 e. The molecule has 1 aliphatic heterocycles. The summed E-state index contributed by atoms with van der Waals surface area (Å²) in [4.78, 5) is 23.6. The SMILES string of the molecule is COc1ccc(NC(=O)C2CCCN(c3cc(-n4cccn4)ncn3)C2)cc1Cl. The van der Waals surface area contributed by atoms with Gasteiger partial charge in [0.1, 0.15) is 17.9 Å². The van der Waals surface area contributed by atoms with E-state index in [1.807, 2.05) is 18.3 Å². The molecule has 8 nitrogen and oxygen atoms in total. The summed E-state index contributed by atoms with van der Waals surface area (Å²) >= 11 is 6.15. The number of amides is 1. The second kappa shape index (κ2) is 8.48. The quantitative estimate of drug-likeness (QED) is 0.692. The third-order valence-corrected chi connectivity index (χ3v) is 5.21. The molecule has 2 aromatic heterocycles. The van der Waals surface area contributed by atoms with Crippen LogP contribution in [0, 0.1) is 5.92 Å². The highest BCUT2D eigenvalue weighted by Gasteiger charge is 2.27. The van der Waals surface area contributed by atoms with Gasteiger partial charge in [0.25, 0.3) is 0 Å². The van der Waals surface area contributed by atoms with Crippen LogP contribution in [-0.2, 0) is 4.79 Å². The maximum Gasteiger partial charge on any atom is 0.229 e. The molecule has 0 saturated carbocycles. The standard InChI is InChI=1S/C20H21ClN6O2/c1-29-17-6-5-15(10-16(17)21)25-20(28)14-4-2-8-26(12-14)18-11-19(23-13-22-18)27-9-3-7-24-27/h3,5-7,9-11,13-14H,2,4,8,12H2,1H3,(H,25,28). The zero-order valence-corrected chi connectivity index (χ0v) is 16.7. The van der Waals surface area contributed by atoms with E-state index in [4.69, 9.17) is 16.3 Å². The number of halogens is 1. The molecule has 0 bridgehead atoms. The molecule has 0 radical (unpaired) electrons. The minimum Gasteiger partial charge on any atom is -0.495 e. The first-order valence-corrected chi connectivity index (χ1v) is 9.73. The highest BCUT2D eigenvalue weighted by molar-refractivity contribution is 6.32. The van der Waals surface area contributed by atoms with Crippen molar-refractivity contribution in [1.29, 1.82) is 0 Å². The smallest absolute Gasteiger partial charge is 0.229 e. The van der Waals surface area contributed by atoms with E-state index in [0.717, 1.165) is 25.2 Å². The number of rotatable bonds is 5. The number of hydrogen-bond acceptors (Lipinski definition) is 6. The van der Waals surface area contributed by atoms with Crippen LogP contribution in [0.3, 0.4) is 0 Å². The molecule has 0 spiro atoms. The predicted molar refractivity (Wildman–Crippen MR) is 111 cm³/mol. The first kappa shape index (κ1) is 19.2. The number of hydrogen-bond donors (Lipinski definition) is 1. The Labute approximate surface area is 173 Å². The number of carbonyl (C=O) groups is 1. The number of benzene rings is 1. The first-order valence-electron chi connectivity index (χ1n) is 9.35. The Morgan fingerprint density at radius 3 is 2.90 bits per heavy atom. The molecule has 1 saturated heterocycles. The molecule has 29 heavy (non-hydrogen) atoms. The number of nitrogens with zero attached hydrogens (tertiary/aromatic N) is 5. The molecule has 1 unspecified atom stereocenters. The van der Waals surface area contributed by atoms with Crippen molar-refractivity contribution < 1.29 is 9.53 Å². The number of carbonyl (C=O) groups excluding carboxylic acids is 1. The van der Waals surface area contributed by atoms with Crippen LogP contribution in [0.5, 0.6) is 5.75 Å². The van der Waals surface area contributed by atoms with Crippen molar-refractivity contribution in [3.63, 3.8) is 0 Å². The third kappa shape index (κ3) is 4.32. The summed E-state index contributed by atoms with van der Waals surface area (Å²) < 4.78 is 6.84. The van der Waals surface area contributed by atoms with Crippen molar-refractivity contribution in [2.24, 2.45) is 5.92 Å². The van der Waals surface area contributed by atoms with Crippen molar-refractivity contribution in [2.45, 2.75) is 12.8 Å². The fourth-order valence-electron chi connectivity index (χ4n) is 3.43. The fourth-order valence-corrected chi connectivity index (χ4v) is 3.69. The van der Waals surface area contributed by atoms with Crippen LogP contribution in [0.15, 0.2) is 49.1 Å². The molecule has 3 aromatic rings. The van der Waals surface area contributed by atoms with Gasteiger partial charge in [0.2, 0.25) is 5.91 Å². The lowest BCUT2D eigenvalue weighted by Crippen LogP contribution is -2.41. The van der Waals surface area contributed by atoms with Crippen LogP contribution in [0.1, 0.15) is 12.8 Å². The number of piperidine rings is 1. The molecule has 3 heterocycles. The van der Waals surface area contributed by atoms with Gasteiger partial charge in [-0.25, -0.2) is 14.6 Å². The van der Waals surface area contributed by atoms with Gasteiger partial charge in [-0.1, -0.05) is 11.6 Å². The zero-order chi connectivity index (χ0) is 20.2. The molecule has 150 valence electrons. The highest BCUT2D eigenvalue weighted by atomic mass is 35.5. The number of nitrogens with one attached hydrogen (secondary N) is 1. The fraction of sp³-hybridized carbons (Fsp3) is 0.300. The van der Waals surface area contributed by atoms with Gasteiger partial charge in [0.15, 0.2) is 5.82 Å². The summed E-state index contributed by atoms with van der Waals surface area (Å²) in [5, 5.41) is 7.62. The maximum absolute atomic E-state index is 12.8. The van der Waals surface area contributed by atoms with Crippen molar-refractivity contribution in [3.05, 3.63) is 54.1 Å². The Balaban J connectivity index is 1.45. The van der Waals surface area contributed by atoms with Crippen molar-refractivity contribution in [1.82, 2.24) is 19.7 Å². The van der Waals surface area contributed by atoms with Crippen molar-refractivity contribution in [3.8, 4) is 11.6 Å². The van der Waals surface area contributed by atoms with Gasteiger partial charge < -0.3 is 15.0 Å². The zero-order valence-electron chi connectivity index (χ0n) is 16.0. The summed E-state index contributed by atoms with van der Waals surface area (Å²) in [6, 6.07) is 8.94. The molecule has 1 fully saturated rings. The highest BCUT2D eigenvalue weighted by Crippen LogP contribution is 2.28. The predicted octanol–water partition coefficient (Wildman–Crippen LogP) is 3.18. The van der Waals surface area contributed by atoms with Gasteiger partial charge in [-0.05, 0) is 37.1 Å². The molecule has 1 N–H and O–H groups in total. The number of ether oxygens (including phenoxy) is 1. The van der Waals surface area contributed by atoms with Crippen LogP contribution in [-0.4, -0.2) is 45.9 Å². The van der Waals surface area contributed by atoms with E-state index in [1.165, 1.54) is 6.33 Å².